The summed E-state index contributed by atoms with van der Waals surface area (Å²) in [6, 6.07) is 3.30. The van der Waals surface area contributed by atoms with E-state index in [1.807, 2.05) is 0 Å². The van der Waals surface area contributed by atoms with Crippen molar-refractivity contribution in [1.29, 1.82) is 0 Å². The number of nitrogens with zero attached hydrogens (tertiary/aromatic N) is 1. The monoisotopic (exact) mass is 301 g/mol. The van der Waals surface area contributed by atoms with Crippen LogP contribution in [0.5, 0.6) is 5.75 Å². The quantitative estimate of drug-likeness (QED) is 0.838. The molecular weight excluding hydrogens is 285 g/mol. The Bertz CT molecular complexity index is 629. The molecule has 1 fully saturated rings. The smallest absolute Gasteiger partial charge is 0.257 e. The summed E-state index contributed by atoms with van der Waals surface area (Å²) >= 11 is 0. The molecule has 1 aliphatic heterocycles. The maximum Gasteiger partial charge on any atom is 0.257 e. The maximum atomic E-state index is 13.3. The average molecular weight is 301 g/mol. The van der Waals surface area contributed by atoms with Gasteiger partial charge in [-0.3, -0.25) is 4.79 Å². The van der Waals surface area contributed by atoms with Crippen molar-refractivity contribution in [2.24, 2.45) is 0 Å². The molecule has 0 saturated carbocycles. The Morgan fingerprint density at radius 2 is 2.15 bits per heavy atom. The number of amides is 1. The van der Waals surface area contributed by atoms with Gasteiger partial charge in [-0.2, -0.15) is 0 Å². The molecule has 1 amide bonds. The molecule has 1 atom stereocenters. The maximum absolute atomic E-state index is 13.3. The molecule has 0 bridgehead atoms. The number of rotatable bonds is 3. The van der Waals surface area contributed by atoms with E-state index >= 15 is 0 Å². The molecule has 0 N–H and O–H groups in total. The highest BCUT2D eigenvalue weighted by atomic mass is 32.2. The zero-order valence-electron chi connectivity index (χ0n) is 11.3. The van der Waals surface area contributed by atoms with E-state index in [9.17, 15) is 17.6 Å². The molecule has 7 heteroatoms. The SMILES string of the molecule is COc1ccc(F)cc1C(=O)N(C)[C@@H]1CCS(=O)(=O)C1. The number of ether oxygens (including phenoxy) is 1. The summed E-state index contributed by atoms with van der Waals surface area (Å²) in [6.45, 7) is 0. The first-order valence-corrected chi connectivity index (χ1v) is 7.97. The van der Waals surface area contributed by atoms with Gasteiger partial charge in [0.1, 0.15) is 11.6 Å². The van der Waals surface area contributed by atoms with Crippen LogP contribution in [-0.2, 0) is 9.84 Å². The lowest BCUT2D eigenvalue weighted by Gasteiger charge is -2.24. The number of carbonyl (C=O) groups is 1. The summed E-state index contributed by atoms with van der Waals surface area (Å²) in [5.41, 5.74) is 0.0966. The standard InChI is InChI=1S/C13H16FNO4S/c1-15(10-5-6-20(17,18)8-10)13(16)11-7-9(14)3-4-12(11)19-2/h3-4,7,10H,5-6,8H2,1-2H3/t10-/m1/s1. The molecule has 2 rings (SSSR count). The predicted octanol–water partition coefficient (Wildman–Crippen LogP) is 1.09. The molecule has 0 unspecified atom stereocenters. The lowest BCUT2D eigenvalue weighted by Crippen LogP contribution is -2.38. The van der Waals surface area contributed by atoms with Crippen LogP contribution in [-0.4, -0.2) is 50.9 Å². The van der Waals surface area contributed by atoms with E-state index < -0.39 is 21.6 Å². The van der Waals surface area contributed by atoms with Gasteiger partial charge in [-0.1, -0.05) is 0 Å². The zero-order chi connectivity index (χ0) is 14.9. The van der Waals surface area contributed by atoms with Crippen molar-refractivity contribution in [3.8, 4) is 5.75 Å². The Labute approximate surface area is 117 Å². The minimum Gasteiger partial charge on any atom is -0.496 e. The Hall–Kier alpha value is -1.63. The first-order chi connectivity index (χ1) is 9.34. The van der Waals surface area contributed by atoms with Gasteiger partial charge in [0.2, 0.25) is 0 Å². The van der Waals surface area contributed by atoms with Gasteiger partial charge in [-0.15, -0.1) is 0 Å². The van der Waals surface area contributed by atoms with Gasteiger partial charge in [0, 0.05) is 13.1 Å². The van der Waals surface area contributed by atoms with Crippen LogP contribution in [0.1, 0.15) is 16.8 Å². The Morgan fingerprint density at radius 1 is 1.45 bits per heavy atom. The van der Waals surface area contributed by atoms with E-state index in [0.29, 0.717) is 6.42 Å². The van der Waals surface area contributed by atoms with E-state index in [-0.39, 0.29) is 28.9 Å². The third-order valence-electron chi connectivity index (χ3n) is 3.47. The number of halogens is 1. The van der Waals surface area contributed by atoms with E-state index in [1.165, 1.54) is 31.2 Å². The minimum absolute atomic E-state index is 0.0487. The van der Waals surface area contributed by atoms with Gasteiger partial charge in [0.15, 0.2) is 9.84 Å². The molecule has 110 valence electrons. The van der Waals surface area contributed by atoms with Crippen molar-refractivity contribution >= 4 is 15.7 Å². The Morgan fingerprint density at radius 3 is 2.70 bits per heavy atom. The van der Waals surface area contributed by atoms with Gasteiger partial charge in [-0.25, -0.2) is 12.8 Å². The number of hydrogen-bond donors (Lipinski definition) is 0. The minimum atomic E-state index is -3.08. The van der Waals surface area contributed by atoms with Crippen LogP contribution < -0.4 is 4.74 Å². The summed E-state index contributed by atoms with van der Waals surface area (Å²) < 4.78 is 41.2. The fourth-order valence-electron chi connectivity index (χ4n) is 2.28. The number of hydrogen-bond acceptors (Lipinski definition) is 4. The Balaban J connectivity index is 2.25. The summed E-state index contributed by atoms with van der Waals surface area (Å²) in [4.78, 5) is 13.7. The van der Waals surface area contributed by atoms with Crippen molar-refractivity contribution in [2.75, 3.05) is 25.7 Å². The molecule has 1 aromatic carbocycles. The first-order valence-electron chi connectivity index (χ1n) is 6.15. The molecule has 0 radical (unpaired) electrons. The first kappa shape index (κ1) is 14.8. The van der Waals surface area contributed by atoms with Crippen molar-refractivity contribution < 1.29 is 22.3 Å². The number of sulfone groups is 1. The van der Waals surface area contributed by atoms with Crippen LogP contribution in [0.4, 0.5) is 4.39 Å². The topological polar surface area (TPSA) is 63.7 Å². The normalized spacial score (nSPS) is 20.6. The largest absolute Gasteiger partial charge is 0.496 e. The van der Waals surface area contributed by atoms with Crippen LogP contribution in [0, 0.1) is 5.82 Å². The highest BCUT2D eigenvalue weighted by Gasteiger charge is 2.33. The third kappa shape index (κ3) is 2.92. The van der Waals surface area contributed by atoms with Crippen molar-refractivity contribution in [1.82, 2.24) is 4.90 Å². The fraction of sp³-hybridized carbons (Fsp3) is 0.462. The van der Waals surface area contributed by atoms with E-state index in [1.54, 1.807) is 0 Å². The highest BCUT2D eigenvalue weighted by Crippen LogP contribution is 2.24. The Kier molecular flexibility index (Phi) is 3.99. The van der Waals surface area contributed by atoms with Gasteiger partial charge >= 0.3 is 0 Å². The highest BCUT2D eigenvalue weighted by molar-refractivity contribution is 7.91. The number of methoxy groups -OCH3 is 1. The van der Waals surface area contributed by atoms with E-state index in [4.69, 9.17) is 4.74 Å². The van der Waals surface area contributed by atoms with E-state index in [0.717, 1.165) is 6.07 Å². The van der Waals surface area contributed by atoms with Gasteiger partial charge in [0.05, 0.1) is 24.2 Å². The van der Waals surface area contributed by atoms with Crippen molar-refractivity contribution in [3.05, 3.63) is 29.6 Å². The van der Waals surface area contributed by atoms with Crippen LogP contribution in [0.3, 0.4) is 0 Å². The molecule has 0 aromatic heterocycles. The van der Waals surface area contributed by atoms with E-state index in [2.05, 4.69) is 0 Å². The molecule has 5 nitrogen and oxygen atoms in total. The molecule has 1 saturated heterocycles. The summed E-state index contributed by atoms with van der Waals surface area (Å²) in [6.07, 6.45) is 0.405. The lowest BCUT2D eigenvalue weighted by atomic mass is 10.1. The second kappa shape index (κ2) is 5.40. The van der Waals surface area contributed by atoms with Crippen molar-refractivity contribution in [2.45, 2.75) is 12.5 Å². The average Bonchev–Trinajstić information content (AvgIpc) is 2.77. The van der Waals surface area contributed by atoms with Crippen LogP contribution in [0.15, 0.2) is 18.2 Å². The van der Waals surface area contributed by atoms with Crippen LogP contribution >= 0.6 is 0 Å². The second-order valence-electron chi connectivity index (χ2n) is 4.82. The third-order valence-corrected chi connectivity index (χ3v) is 5.22. The molecule has 1 aliphatic rings. The van der Waals surface area contributed by atoms with Gasteiger partial charge < -0.3 is 9.64 Å². The molecular formula is C13H16FNO4S. The molecule has 20 heavy (non-hydrogen) atoms. The van der Waals surface area contributed by atoms with Crippen LogP contribution in [0.25, 0.3) is 0 Å². The fourth-order valence-corrected chi connectivity index (χ4v) is 4.06. The van der Waals surface area contributed by atoms with Crippen molar-refractivity contribution in [3.63, 3.8) is 0 Å². The summed E-state index contributed by atoms with van der Waals surface area (Å²) in [7, 11) is -0.160. The summed E-state index contributed by atoms with van der Waals surface area (Å²) in [5, 5.41) is 0. The van der Waals surface area contributed by atoms with Crippen LogP contribution in [0.2, 0.25) is 0 Å². The van der Waals surface area contributed by atoms with Gasteiger partial charge in [-0.05, 0) is 24.6 Å². The molecule has 1 heterocycles. The zero-order valence-corrected chi connectivity index (χ0v) is 12.1. The molecule has 1 aromatic rings. The number of benzene rings is 1. The molecule has 0 spiro atoms. The second-order valence-corrected chi connectivity index (χ2v) is 7.05. The summed E-state index contributed by atoms with van der Waals surface area (Å²) in [5.74, 6) is -0.684. The van der Waals surface area contributed by atoms with Gasteiger partial charge in [0.25, 0.3) is 5.91 Å². The predicted molar refractivity (Wildman–Crippen MR) is 72.1 cm³/mol. The lowest BCUT2D eigenvalue weighted by molar-refractivity contribution is 0.0743. The number of carbonyl (C=O) groups excluding carboxylic acids is 1. The molecule has 0 aliphatic carbocycles.